The van der Waals surface area contributed by atoms with Gasteiger partial charge in [-0.1, -0.05) is 160 Å². The molecule has 2 fully saturated rings. The normalized spacial score (nSPS) is 25.3. The molecule has 4 unspecified atom stereocenters. The molecular formula is C42H54Cl2Zr. The fourth-order valence-electron chi connectivity index (χ4n) is 8.84. The molecule has 240 valence electrons. The summed E-state index contributed by atoms with van der Waals surface area (Å²) in [5.41, 5.74) is 9.08. The van der Waals surface area contributed by atoms with Crippen LogP contribution in [0.15, 0.2) is 96.1 Å². The van der Waals surface area contributed by atoms with E-state index in [2.05, 4.69) is 140 Å². The molecule has 0 heterocycles. The van der Waals surface area contributed by atoms with Gasteiger partial charge < -0.3 is 7.43 Å². The molecule has 4 aliphatic carbocycles. The standard InChI is InChI=1S/C41H51.CH3.2ClH.Zr/c1-39(2,3)36-25-32-33-26-37(40(4,5)6)31(28-19-13-10-14-20-28)24-35(33)38(41(7,8)29-21-15-16-22-29)34(32)23-30(36)27-17-11-9-12-18-27;;;;/h9-14,17-20,23-26,29,32-35H,15-16,21-22H2,1-8H3;1H3;2*1H;/q2*-1;;;+4/p-2. The van der Waals surface area contributed by atoms with Crippen LogP contribution in [-0.2, 0) is 20.8 Å². The Kier molecular flexibility index (Phi) is 11.9. The molecule has 0 N–H and O–H groups in total. The van der Waals surface area contributed by atoms with Crippen LogP contribution in [0.3, 0.4) is 0 Å². The third kappa shape index (κ3) is 7.47. The van der Waals surface area contributed by atoms with Crippen LogP contribution in [0.5, 0.6) is 0 Å². The summed E-state index contributed by atoms with van der Waals surface area (Å²) in [6.45, 7) is 19.6. The van der Waals surface area contributed by atoms with Gasteiger partial charge >= 0.3 is 37.9 Å². The summed E-state index contributed by atoms with van der Waals surface area (Å²) < 4.78 is 0. The summed E-state index contributed by atoms with van der Waals surface area (Å²) >= 11 is -0.826. The number of benzene rings is 2. The van der Waals surface area contributed by atoms with Gasteiger partial charge in [-0.2, -0.15) is 5.41 Å². The van der Waals surface area contributed by atoms with Gasteiger partial charge in [0.05, 0.1) is 0 Å². The topological polar surface area (TPSA) is 0 Å². The Morgan fingerprint density at radius 1 is 0.600 bits per heavy atom. The van der Waals surface area contributed by atoms with E-state index >= 15 is 0 Å². The van der Waals surface area contributed by atoms with Gasteiger partial charge in [0.25, 0.3) is 0 Å². The molecule has 3 heteroatoms. The average molecular weight is 721 g/mol. The molecule has 4 atom stereocenters. The van der Waals surface area contributed by atoms with E-state index in [1.165, 1.54) is 59.1 Å². The van der Waals surface area contributed by atoms with Gasteiger partial charge in [-0.15, -0.1) is 24.0 Å². The molecule has 45 heavy (non-hydrogen) atoms. The van der Waals surface area contributed by atoms with E-state index in [-0.39, 0.29) is 23.7 Å². The Hall–Kier alpha value is -1.14. The first-order valence-corrected chi connectivity index (χ1v) is 23.0. The van der Waals surface area contributed by atoms with Crippen molar-refractivity contribution in [3.05, 3.63) is 121 Å². The van der Waals surface area contributed by atoms with Gasteiger partial charge in [0.1, 0.15) is 0 Å². The molecule has 2 saturated carbocycles. The Bertz CT molecular complexity index is 1310. The molecule has 0 spiro atoms. The molecule has 0 aliphatic heterocycles. The Labute approximate surface area is 294 Å². The summed E-state index contributed by atoms with van der Waals surface area (Å²) in [5.74, 6) is 4.51. The van der Waals surface area contributed by atoms with Crippen LogP contribution in [0.1, 0.15) is 92.2 Å². The Morgan fingerprint density at radius 2 is 0.956 bits per heavy atom. The summed E-state index contributed by atoms with van der Waals surface area (Å²) in [7, 11) is 9.87. The van der Waals surface area contributed by atoms with E-state index in [1.54, 1.807) is 5.92 Å². The van der Waals surface area contributed by atoms with E-state index in [9.17, 15) is 0 Å². The predicted octanol–water partition coefficient (Wildman–Crippen LogP) is 13.2. The second-order valence-corrected chi connectivity index (χ2v) is 19.7. The zero-order valence-electron chi connectivity index (χ0n) is 29.1. The zero-order valence-corrected chi connectivity index (χ0v) is 33.0. The van der Waals surface area contributed by atoms with Crippen LogP contribution in [0.25, 0.3) is 11.1 Å². The molecule has 0 saturated heterocycles. The first-order valence-electron chi connectivity index (χ1n) is 16.6. The quantitative estimate of drug-likeness (QED) is 0.276. The molecule has 2 aromatic carbocycles. The molecule has 6 rings (SSSR count). The second kappa shape index (κ2) is 14.5. The van der Waals surface area contributed by atoms with Crippen LogP contribution in [0.2, 0.25) is 0 Å². The van der Waals surface area contributed by atoms with Crippen LogP contribution >= 0.6 is 17.0 Å². The van der Waals surface area contributed by atoms with E-state index in [1.807, 2.05) is 0 Å². The summed E-state index contributed by atoms with van der Waals surface area (Å²) in [5, 5.41) is 0. The summed E-state index contributed by atoms with van der Waals surface area (Å²) in [4.78, 5) is 0. The SMILES string of the molecule is CC(C)(C)C1=CC2C(C=C1c1ccccc1)[C-](C(C)(C)C1CCCC1)C1C=C(c3ccccc3)C(C(C)(C)C)=CC12.[CH3-].[Cl][Zr+2][Cl]. The van der Waals surface area contributed by atoms with Crippen LogP contribution in [0, 0.1) is 59.2 Å². The minimum absolute atomic E-state index is 0. The molecule has 0 bridgehead atoms. The van der Waals surface area contributed by atoms with Crippen molar-refractivity contribution in [1.82, 2.24) is 0 Å². The van der Waals surface area contributed by atoms with Crippen molar-refractivity contribution in [3.8, 4) is 0 Å². The maximum atomic E-state index is 4.93. The van der Waals surface area contributed by atoms with Gasteiger partial charge in [0, 0.05) is 0 Å². The van der Waals surface area contributed by atoms with Crippen molar-refractivity contribution in [2.24, 2.45) is 45.8 Å². The number of halogens is 2. The Morgan fingerprint density at radius 3 is 1.29 bits per heavy atom. The average Bonchev–Trinajstić information content (AvgIpc) is 3.64. The molecule has 4 aliphatic rings. The van der Waals surface area contributed by atoms with Crippen molar-refractivity contribution in [2.45, 2.75) is 81.1 Å². The summed E-state index contributed by atoms with van der Waals surface area (Å²) in [6.07, 6.45) is 16.5. The van der Waals surface area contributed by atoms with Gasteiger partial charge in [0.2, 0.25) is 0 Å². The van der Waals surface area contributed by atoms with E-state index in [0.717, 1.165) is 5.92 Å². The monoisotopic (exact) mass is 718 g/mol. The fourth-order valence-corrected chi connectivity index (χ4v) is 8.84. The summed E-state index contributed by atoms with van der Waals surface area (Å²) in [6, 6.07) is 22.4. The number of rotatable bonds is 4. The number of hydrogen-bond acceptors (Lipinski definition) is 0. The first kappa shape index (κ1) is 36.7. The number of fused-ring (bicyclic) bond motifs is 3. The minimum atomic E-state index is -0.826. The van der Waals surface area contributed by atoms with Crippen LogP contribution in [0.4, 0.5) is 0 Å². The molecule has 0 amide bonds. The molecular weight excluding hydrogens is 667 g/mol. The van der Waals surface area contributed by atoms with Crippen molar-refractivity contribution in [2.75, 3.05) is 0 Å². The predicted molar refractivity (Wildman–Crippen MR) is 195 cm³/mol. The van der Waals surface area contributed by atoms with E-state index in [4.69, 9.17) is 17.0 Å². The zero-order chi connectivity index (χ0) is 31.9. The van der Waals surface area contributed by atoms with Gasteiger partial charge in [0.15, 0.2) is 0 Å². The number of hydrogen-bond donors (Lipinski definition) is 0. The maximum absolute atomic E-state index is 4.93. The molecule has 2 aromatic rings. The first-order chi connectivity index (χ1) is 20.8. The van der Waals surface area contributed by atoms with Gasteiger partial charge in [-0.3, -0.25) is 5.92 Å². The van der Waals surface area contributed by atoms with E-state index < -0.39 is 20.8 Å². The fraction of sp³-hybridized carbons (Fsp3) is 0.476. The second-order valence-electron chi connectivity index (χ2n) is 16.0. The van der Waals surface area contributed by atoms with Crippen LogP contribution in [-0.4, -0.2) is 0 Å². The van der Waals surface area contributed by atoms with Crippen molar-refractivity contribution in [1.29, 1.82) is 0 Å². The molecule has 0 aromatic heterocycles. The van der Waals surface area contributed by atoms with Crippen LogP contribution < -0.4 is 0 Å². The van der Waals surface area contributed by atoms with Crippen molar-refractivity contribution in [3.63, 3.8) is 0 Å². The van der Waals surface area contributed by atoms with Gasteiger partial charge in [-0.25, -0.2) is 0 Å². The Balaban J connectivity index is 0.00000111. The molecule has 0 radical (unpaired) electrons. The van der Waals surface area contributed by atoms with Crippen molar-refractivity contribution < 1.29 is 20.8 Å². The third-order valence-electron chi connectivity index (χ3n) is 10.9. The van der Waals surface area contributed by atoms with E-state index in [0.29, 0.717) is 23.7 Å². The van der Waals surface area contributed by atoms with Crippen molar-refractivity contribution >= 4 is 28.2 Å². The van der Waals surface area contributed by atoms with Gasteiger partial charge in [-0.05, 0) is 56.1 Å². The molecule has 0 nitrogen and oxygen atoms in total. The third-order valence-corrected chi connectivity index (χ3v) is 10.9. The number of allylic oxidation sites excluding steroid dienone is 8.